The van der Waals surface area contributed by atoms with Gasteiger partial charge in [-0.25, -0.2) is 4.98 Å². The third-order valence-electron chi connectivity index (χ3n) is 5.04. The van der Waals surface area contributed by atoms with E-state index in [0.717, 1.165) is 22.6 Å². The quantitative estimate of drug-likeness (QED) is 0.430. The summed E-state index contributed by atoms with van der Waals surface area (Å²) in [6.07, 6.45) is 3.30. The molecule has 0 aliphatic heterocycles. The van der Waals surface area contributed by atoms with E-state index in [2.05, 4.69) is 15.3 Å². The van der Waals surface area contributed by atoms with E-state index < -0.39 is 0 Å². The van der Waals surface area contributed by atoms with E-state index >= 15 is 0 Å². The first kappa shape index (κ1) is 21.1. The molecule has 0 spiro atoms. The molecule has 2 heterocycles. The molecule has 0 saturated heterocycles. The fourth-order valence-electron chi connectivity index (χ4n) is 3.26. The van der Waals surface area contributed by atoms with Crippen LogP contribution in [0.25, 0.3) is 5.65 Å². The molecule has 0 atom stereocenters. The first-order valence-corrected chi connectivity index (χ1v) is 10.2. The molecule has 32 heavy (non-hydrogen) atoms. The van der Waals surface area contributed by atoms with Gasteiger partial charge in [0, 0.05) is 19.0 Å². The van der Waals surface area contributed by atoms with Gasteiger partial charge in [-0.3, -0.25) is 14.2 Å². The van der Waals surface area contributed by atoms with Crippen LogP contribution in [-0.4, -0.2) is 29.8 Å². The highest BCUT2D eigenvalue weighted by atomic mass is 16.5. The Labute approximate surface area is 186 Å². The van der Waals surface area contributed by atoms with Crippen molar-refractivity contribution in [2.75, 3.05) is 19.5 Å². The van der Waals surface area contributed by atoms with E-state index in [9.17, 15) is 4.79 Å². The number of rotatable bonds is 8. The van der Waals surface area contributed by atoms with Crippen LogP contribution in [0, 0.1) is 0 Å². The van der Waals surface area contributed by atoms with Crippen LogP contribution in [0.4, 0.5) is 5.82 Å². The Morgan fingerprint density at radius 2 is 1.59 bits per heavy atom. The molecule has 7 nitrogen and oxygen atoms in total. The van der Waals surface area contributed by atoms with Crippen LogP contribution in [0.3, 0.4) is 0 Å². The first-order chi connectivity index (χ1) is 15.7. The van der Waals surface area contributed by atoms with Crippen molar-refractivity contribution in [1.29, 1.82) is 0 Å². The molecule has 0 amide bonds. The number of aromatic nitrogens is 2. The average Bonchev–Trinajstić information content (AvgIpc) is 2.85. The fourth-order valence-corrected chi connectivity index (χ4v) is 3.26. The summed E-state index contributed by atoms with van der Waals surface area (Å²) in [4.78, 5) is 22.3. The zero-order valence-corrected chi connectivity index (χ0v) is 18.0. The number of benzene rings is 2. The second-order valence-electron chi connectivity index (χ2n) is 7.13. The van der Waals surface area contributed by atoms with Gasteiger partial charge in [-0.2, -0.15) is 0 Å². The summed E-state index contributed by atoms with van der Waals surface area (Å²) in [6.45, 7) is 0.956. The molecule has 0 bridgehead atoms. The lowest BCUT2D eigenvalue weighted by Gasteiger charge is -2.11. The Morgan fingerprint density at radius 1 is 0.938 bits per heavy atom. The number of aliphatic imine (C=N–C) groups is 1. The normalized spacial score (nSPS) is 11.1. The number of hydrogen-bond acceptors (Lipinski definition) is 6. The van der Waals surface area contributed by atoms with Gasteiger partial charge in [0.2, 0.25) is 0 Å². The Morgan fingerprint density at radius 3 is 2.25 bits per heavy atom. The highest BCUT2D eigenvalue weighted by Gasteiger charge is 2.11. The molecular weight excluding hydrogens is 404 g/mol. The fraction of sp³-hybridized carbons (Fsp3) is 0.160. The Bertz CT molecular complexity index is 1280. The Balaban J connectivity index is 1.61. The van der Waals surface area contributed by atoms with E-state index in [1.807, 2.05) is 54.6 Å². The largest absolute Gasteiger partial charge is 0.497 e. The van der Waals surface area contributed by atoms with Crippen molar-refractivity contribution in [2.24, 2.45) is 4.99 Å². The maximum Gasteiger partial charge on any atom is 0.268 e. The summed E-state index contributed by atoms with van der Waals surface area (Å²) < 4.78 is 11.9. The van der Waals surface area contributed by atoms with Gasteiger partial charge in [0.15, 0.2) is 0 Å². The van der Waals surface area contributed by atoms with Crippen molar-refractivity contribution in [3.8, 4) is 11.5 Å². The molecule has 0 fully saturated rings. The number of hydrogen-bond donors (Lipinski definition) is 1. The molecule has 2 aromatic carbocycles. The molecule has 0 unspecified atom stereocenters. The molecule has 0 radical (unpaired) electrons. The van der Waals surface area contributed by atoms with Gasteiger partial charge in [0.05, 0.1) is 20.8 Å². The van der Waals surface area contributed by atoms with Crippen molar-refractivity contribution in [3.63, 3.8) is 0 Å². The van der Waals surface area contributed by atoms with E-state index in [-0.39, 0.29) is 5.56 Å². The van der Waals surface area contributed by atoms with Gasteiger partial charge >= 0.3 is 0 Å². The molecule has 4 aromatic rings. The SMILES string of the molecule is COc1ccc(CN=Cc2c(NCc3ccc(OC)cc3)nc3ccccn3c2=O)cc1. The van der Waals surface area contributed by atoms with Crippen LogP contribution < -0.4 is 20.3 Å². The number of nitrogens with zero attached hydrogens (tertiary/aromatic N) is 3. The van der Waals surface area contributed by atoms with Crippen LogP contribution in [0.5, 0.6) is 11.5 Å². The molecule has 1 N–H and O–H groups in total. The molecule has 162 valence electrons. The van der Waals surface area contributed by atoms with Gasteiger partial charge in [-0.15, -0.1) is 0 Å². The summed E-state index contributed by atoms with van der Waals surface area (Å²) in [5.74, 6) is 2.08. The van der Waals surface area contributed by atoms with Crippen molar-refractivity contribution >= 4 is 17.7 Å². The standard InChI is InChI=1S/C25H24N4O3/c1-31-20-10-6-18(7-11-20)15-26-17-22-24(27-16-19-8-12-21(32-2)13-9-19)28-23-5-3-4-14-29(23)25(22)30/h3-14,17,27H,15-16H2,1-2H3. The van der Waals surface area contributed by atoms with Crippen LogP contribution in [-0.2, 0) is 13.1 Å². The highest BCUT2D eigenvalue weighted by molar-refractivity contribution is 5.86. The number of nitrogens with one attached hydrogen (secondary N) is 1. The minimum Gasteiger partial charge on any atom is -0.497 e. The average molecular weight is 428 g/mol. The first-order valence-electron chi connectivity index (χ1n) is 10.2. The van der Waals surface area contributed by atoms with Gasteiger partial charge in [0.25, 0.3) is 5.56 Å². The second kappa shape index (κ2) is 9.78. The summed E-state index contributed by atoms with van der Waals surface area (Å²) in [6, 6.07) is 20.9. The van der Waals surface area contributed by atoms with Crippen molar-refractivity contribution in [3.05, 3.63) is 100.0 Å². The number of ether oxygens (including phenoxy) is 2. The van der Waals surface area contributed by atoms with E-state index in [1.54, 1.807) is 38.8 Å². The van der Waals surface area contributed by atoms with Gasteiger partial charge < -0.3 is 14.8 Å². The molecule has 0 aliphatic rings. The Hall–Kier alpha value is -4.13. The maximum absolute atomic E-state index is 13.1. The molecule has 7 heteroatoms. The smallest absolute Gasteiger partial charge is 0.268 e. The van der Waals surface area contributed by atoms with Crippen LogP contribution in [0.1, 0.15) is 16.7 Å². The van der Waals surface area contributed by atoms with Gasteiger partial charge in [-0.1, -0.05) is 30.3 Å². The lowest BCUT2D eigenvalue weighted by molar-refractivity contribution is 0.414. The monoisotopic (exact) mass is 428 g/mol. The topological polar surface area (TPSA) is 77.2 Å². The lowest BCUT2D eigenvalue weighted by atomic mass is 10.2. The lowest BCUT2D eigenvalue weighted by Crippen LogP contribution is -2.22. The zero-order valence-electron chi connectivity index (χ0n) is 18.0. The van der Waals surface area contributed by atoms with E-state index in [1.165, 1.54) is 4.40 Å². The molecule has 4 rings (SSSR count). The number of pyridine rings is 1. The summed E-state index contributed by atoms with van der Waals surface area (Å²) in [7, 11) is 3.27. The van der Waals surface area contributed by atoms with Crippen LogP contribution >= 0.6 is 0 Å². The van der Waals surface area contributed by atoms with Crippen LogP contribution in [0.2, 0.25) is 0 Å². The number of fused-ring (bicyclic) bond motifs is 1. The number of methoxy groups -OCH3 is 2. The van der Waals surface area contributed by atoms with Crippen molar-refractivity contribution in [2.45, 2.75) is 13.1 Å². The Kier molecular flexibility index (Phi) is 6.46. The van der Waals surface area contributed by atoms with E-state index in [4.69, 9.17) is 9.47 Å². The molecular formula is C25H24N4O3. The summed E-state index contributed by atoms with van der Waals surface area (Å²) in [5.41, 5.74) is 2.87. The minimum atomic E-state index is -0.175. The highest BCUT2D eigenvalue weighted by Crippen LogP contribution is 2.15. The predicted molar refractivity (Wildman–Crippen MR) is 126 cm³/mol. The zero-order chi connectivity index (χ0) is 22.3. The second-order valence-corrected chi connectivity index (χ2v) is 7.13. The third-order valence-corrected chi connectivity index (χ3v) is 5.04. The summed E-state index contributed by atoms with van der Waals surface area (Å²) in [5, 5.41) is 3.29. The molecule has 0 saturated carbocycles. The van der Waals surface area contributed by atoms with Crippen molar-refractivity contribution < 1.29 is 9.47 Å². The van der Waals surface area contributed by atoms with Gasteiger partial charge in [-0.05, 0) is 47.5 Å². The molecule has 0 aliphatic carbocycles. The summed E-state index contributed by atoms with van der Waals surface area (Å²) >= 11 is 0. The van der Waals surface area contributed by atoms with E-state index in [0.29, 0.717) is 30.1 Å². The minimum absolute atomic E-state index is 0.175. The third kappa shape index (κ3) is 4.78. The number of anilines is 1. The van der Waals surface area contributed by atoms with Gasteiger partial charge in [0.1, 0.15) is 28.5 Å². The van der Waals surface area contributed by atoms with Crippen LogP contribution in [0.15, 0.2) is 82.7 Å². The molecule has 2 aromatic heterocycles. The van der Waals surface area contributed by atoms with Crippen molar-refractivity contribution in [1.82, 2.24) is 9.38 Å². The predicted octanol–water partition coefficient (Wildman–Crippen LogP) is 3.94. The maximum atomic E-state index is 13.1.